The van der Waals surface area contributed by atoms with Gasteiger partial charge in [-0.05, 0) is 43.7 Å². The van der Waals surface area contributed by atoms with Gasteiger partial charge in [-0.25, -0.2) is 4.68 Å². The Hall–Kier alpha value is -2.93. The summed E-state index contributed by atoms with van der Waals surface area (Å²) in [5.74, 6) is 2.58. The van der Waals surface area contributed by atoms with E-state index in [0.717, 1.165) is 39.8 Å². The van der Waals surface area contributed by atoms with Crippen LogP contribution < -0.4 is 14.8 Å². The van der Waals surface area contributed by atoms with E-state index in [1.165, 1.54) is 5.56 Å². The van der Waals surface area contributed by atoms with Crippen LogP contribution in [0.4, 0.5) is 5.82 Å². The maximum absolute atomic E-state index is 12.4. The topological polar surface area (TPSA) is 65.4 Å². The number of hydrogen-bond donors (Lipinski definition) is 1. The van der Waals surface area contributed by atoms with Crippen LogP contribution in [0, 0.1) is 13.8 Å². The number of thioether (sulfide) groups is 1. The van der Waals surface area contributed by atoms with Gasteiger partial charge in [0, 0.05) is 5.56 Å². The van der Waals surface area contributed by atoms with Gasteiger partial charge in [-0.2, -0.15) is 5.10 Å². The van der Waals surface area contributed by atoms with Crippen LogP contribution in [0.2, 0.25) is 0 Å². The van der Waals surface area contributed by atoms with Crippen LogP contribution in [0.5, 0.6) is 11.5 Å². The van der Waals surface area contributed by atoms with Crippen molar-refractivity contribution in [2.45, 2.75) is 19.1 Å². The molecule has 6 nitrogen and oxygen atoms in total. The van der Waals surface area contributed by atoms with E-state index in [1.54, 1.807) is 11.8 Å². The molecule has 1 atom stereocenters. The van der Waals surface area contributed by atoms with Gasteiger partial charge in [0.25, 0.3) is 0 Å². The molecule has 1 aromatic heterocycles. The molecule has 5 rings (SSSR count). The molecule has 0 spiro atoms. The number of ether oxygens (including phenoxy) is 2. The first-order valence-corrected chi connectivity index (χ1v) is 10.1. The maximum atomic E-state index is 12.4. The second kappa shape index (κ2) is 6.60. The number of carbonyl (C=O) groups is 1. The monoisotopic (exact) mass is 393 g/mol. The molecule has 0 radical (unpaired) electrons. The number of aryl methyl sites for hydroxylation is 2. The van der Waals surface area contributed by atoms with Gasteiger partial charge in [-0.15, -0.1) is 11.8 Å². The highest BCUT2D eigenvalue weighted by Gasteiger charge is 2.31. The third-order valence-electron chi connectivity index (χ3n) is 4.99. The lowest BCUT2D eigenvalue weighted by Crippen LogP contribution is -2.15. The average molecular weight is 393 g/mol. The molecule has 142 valence electrons. The second-order valence-electron chi connectivity index (χ2n) is 6.95. The zero-order valence-corrected chi connectivity index (χ0v) is 16.4. The minimum Gasteiger partial charge on any atom is -0.454 e. The average Bonchev–Trinajstić information content (AvgIpc) is 3.23. The summed E-state index contributed by atoms with van der Waals surface area (Å²) in [5, 5.41) is 7.79. The first-order valence-electron chi connectivity index (χ1n) is 9.08. The second-order valence-corrected chi connectivity index (χ2v) is 8.04. The Labute approximate surface area is 166 Å². The Morgan fingerprint density at radius 2 is 1.89 bits per heavy atom. The number of benzene rings is 2. The van der Waals surface area contributed by atoms with Crippen molar-refractivity contribution >= 4 is 23.5 Å². The van der Waals surface area contributed by atoms with E-state index >= 15 is 0 Å². The predicted molar refractivity (Wildman–Crippen MR) is 109 cm³/mol. The molecular formula is C21H19N3O3S. The fourth-order valence-electron chi connectivity index (χ4n) is 3.60. The molecular weight excluding hydrogens is 374 g/mol. The highest BCUT2D eigenvalue weighted by Crippen LogP contribution is 2.46. The quantitative estimate of drug-likeness (QED) is 0.713. The smallest absolute Gasteiger partial charge is 0.235 e. The van der Waals surface area contributed by atoms with Crippen molar-refractivity contribution in [3.63, 3.8) is 0 Å². The molecule has 2 aliphatic heterocycles. The minimum atomic E-state index is -0.0253. The van der Waals surface area contributed by atoms with E-state index in [-0.39, 0.29) is 18.0 Å². The Bertz CT molecular complexity index is 1080. The molecule has 0 unspecified atom stereocenters. The number of aromatic nitrogens is 2. The van der Waals surface area contributed by atoms with Gasteiger partial charge in [-0.3, -0.25) is 4.79 Å². The highest BCUT2D eigenvalue weighted by molar-refractivity contribution is 8.00. The summed E-state index contributed by atoms with van der Waals surface area (Å²) in [6, 6.07) is 14.1. The molecule has 1 N–H and O–H groups in total. The number of fused-ring (bicyclic) bond motifs is 2. The first kappa shape index (κ1) is 17.2. The van der Waals surface area contributed by atoms with E-state index in [0.29, 0.717) is 5.75 Å². The van der Waals surface area contributed by atoms with Gasteiger partial charge in [0.2, 0.25) is 12.7 Å². The predicted octanol–water partition coefficient (Wildman–Crippen LogP) is 3.99. The van der Waals surface area contributed by atoms with E-state index in [1.807, 2.05) is 61.0 Å². The van der Waals surface area contributed by atoms with Gasteiger partial charge < -0.3 is 14.8 Å². The van der Waals surface area contributed by atoms with Crippen LogP contribution in [0.25, 0.3) is 5.69 Å². The molecule has 2 aromatic carbocycles. The molecule has 0 bridgehead atoms. The van der Waals surface area contributed by atoms with Gasteiger partial charge in [0.15, 0.2) is 11.5 Å². The fraction of sp³-hybridized carbons (Fsp3) is 0.238. The number of anilines is 1. The van der Waals surface area contributed by atoms with Crippen LogP contribution in [0.1, 0.15) is 27.6 Å². The van der Waals surface area contributed by atoms with Gasteiger partial charge in [0.1, 0.15) is 5.82 Å². The first-order chi connectivity index (χ1) is 13.6. The fourth-order valence-corrected chi connectivity index (χ4v) is 4.77. The summed E-state index contributed by atoms with van der Waals surface area (Å²) in [6.45, 7) is 4.28. The highest BCUT2D eigenvalue weighted by atomic mass is 32.2. The number of nitrogens with zero attached hydrogens (tertiary/aromatic N) is 2. The van der Waals surface area contributed by atoms with Crippen LogP contribution in [0.15, 0.2) is 42.5 Å². The molecule has 0 fully saturated rings. The number of amides is 1. The summed E-state index contributed by atoms with van der Waals surface area (Å²) < 4.78 is 12.8. The Morgan fingerprint density at radius 3 is 2.71 bits per heavy atom. The number of nitrogens with one attached hydrogen (secondary N) is 1. The lowest BCUT2D eigenvalue weighted by Gasteiger charge is -2.16. The molecule has 2 aliphatic rings. The van der Waals surface area contributed by atoms with Crippen LogP contribution in [0.3, 0.4) is 0 Å². The summed E-state index contributed by atoms with van der Waals surface area (Å²) in [5.41, 5.74) is 5.09. The molecule has 0 saturated heterocycles. The number of rotatable bonds is 2. The molecule has 3 aromatic rings. The van der Waals surface area contributed by atoms with Gasteiger partial charge >= 0.3 is 0 Å². The molecule has 7 heteroatoms. The van der Waals surface area contributed by atoms with Crippen molar-refractivity contribution in [3.8, 4) is 17.2 Å². The lowest BCUT2D eigenvalue weighted by atomic mass is 10.0. The van der Waals surface area contributed by atoms with Crippen LogP contribution >= 0.6 is 11.8 Å². The van der Waals surface area contributed by atoms with Crippen molar-refractivity contribution in [1.29, 1.82) is 0 Å². The summed E-state index contributed by atoms with van der Waals surface area (Å²) in [4.78, 5) is 12.4. The van der Waals surface area contributed by atoms with Crippen LogP contribution in [-0.4, -0.2) is 28.2 Å². The normalized spacial score (nSPS) is 17.8. The van der Waals surface area contributed by atoms with E-state index < -0.39 is 0 Å². The number of carbonyl (C=O) groups excluding carboxylic acids is 1. The Balaban J connectivity index is 1.65. The van der Waals surface area contributed by atoms with E-state index in [2.05, 4.69) is 5.32 Å². The maximum Gasteiger partial charge on any atom is 0.235 e. The van der Waals surface area contributed by atoms with E-state index in [9.17, 15) is 4.79 Å². The van der Waals surface area contributed by atoms with Crippen molar-refractivity contribution in [3.05, 3.63) is 64.8 Å². The summed E-state index contributed by atoms with van der Waals surface area (Å²) >= 11 is 1.60. The SMILES string of the molecule is Cc1ccc(-n2nc(C)c3c2NC(=O)CS[C@H]3c2ccc3c(c2)OCO3)cc1. The molecule has 3 heterocycles. The number of hydrogen-bond acceptors (Lipinski definition) is 5. The Morgan fingerprint density at radius 1 is 1.11 bits per heavy atom. The third-order valence-corrected chi connectivity index (χ3v) is 6.26. The minimum absolute atomic E-state index is 0.0252. The molecule has 28 heavy (non-hydrogen) atoms. The van der Waals surface area contributed by atoms with Crippen molar-refractivity contribution in [2.75, 3.05) is 17.9 Å². The Kier molecular flexibility index (Phi) is 4.05. The zero-order chi connectivity index (χ0) is 19.3. The standard InChI is InChI=1S/C21H19N3O3S/c1-12-3-6-15(7-4-12)24-21-19(13(2)23-24)20(28-10-18(25)22-21)14-5-8-16-17(9-14)27-11-26-16/h3-9,20H,10-11H2,1-2H3,(H,22,25)/t20-/m0/s1. The molecule has 0 saturated carbocycles. The third kappa shape index (κ3) is 2.82. The molecule has 0 aliphatic carbocycles. The summed E-state index contributed by atoms with van der Waals surface area (Å²) in [7, 11) is 0. The lowest BCUT2D eigenvalue weighted by molar-refractivity contribution is -0.113. The van der Waals surface area contributed by atoms with Gasteiger partial charge in [0.05, 0.1) is 22.4 Å². The van der Waals surface area contributed by atoms with Crippen molar-refractivity contribution in [1.82, 2.24) is 9.78 Å². The zero-order valence-electron chi connectivity index (χ0n) is 15.6. The van der Waals surface area contributed by atoms with Gasteiger partial charge in [-0.1, -0.05) is 23.8 Å². The van der Waals surface area contributed by atoms with Crippen molar-refractivity contribution < 1.29 is 14.3 Å². The van der Waals surface area contributed by atoms with Crippen LogP contribution in [-0.2, 0) is 4.79 Å². The largest absolute Gasteiger partial charge is 0.454 e. The van der Waals surface area contributed by atoms with Crippen molar-refractivity contribution in [2.24, 2.45) is 0 Å². The molecule has 1 amide bonds. The summed E-state index contributed by atoms with van der Waals surface area (Å²) in [6.07, 6.45) is 0. The van der Waals surface area contributed by atoms with E-state index in [4.69, 9.17) is 14.6 Å².